The molecule has 10 nitrogen and oxygen atoms in total. The first-order valence-corrected chi connectivity index (χ1v) is 10.9. The van der Waals surface area contributed by atoms with Crippen LogP contribution in [-0.4, -0.2) is 66.5 Å². The number of fused-ring (bicyclic) bond motifs is 1. The van der Waals surface area contributed by atoms with E-state index in [9.17, 15) is 15.0 Å². The van der Waals surface area contributed by atoms with Crippen molar-refractivity contribution < 1.29 is 24.5 Å². The molecule has 3 heterocycles. The van der Waals surface area contributed by atoms with E-state index in [1.54, 1.807) is 11.1 Å². The van der Waals surface area contributed by atoms with Gasteiger partial charge in [0.15, 0.2) is 17.7 Å². The maximum atomic E-state index is 13.2. The van der Waals surface area contributed by atoms with Gasteiger partial charge in [0, 0.05) is 12.5 Å². The minimum Gasteiger partial charge on any atom is -0.443 e. The van der Waals surface area contributed by atoms with E-state index in [0.717, 1.165) is 25.7 Å². The molecule has 1 aliphatic heterocycles. The van der Waals surface area contributed by atoms with Crippen molar-refractivity contribution in [1.29, 1.82) is 0 Å². The smallest absolute Gasteiger partial charge is 0.416 e. The van der Waals surface area contributed by atoms with Crippen molar-refractivity contribution in [1.82, 2.24) is 19.7 Å². The monoisotopic (exact) mass is 453 g/mol. The van der Waals surface area contributed by atoms with Gasteiger partial charge in [-0.05, 0) is 45.2 Å². The number of ether oxygens (including phenoxy) is 2. The lowest BCUT2D eigenvalue weighted by molar-refractivity contribution is -0.0470. The number of anilines is 1. The number of rotatable bonds is 4. The van der Waals surface area contributed by atoms with Crippen molar-refractivity contribution in [2.24, 2.45) is 0 Å². The Kier molecular flexibility index (Phi) is 6.08. The van der Waals surface area contributed by atoms with Gasteiger partial charge in [-0.3, -0.25) is 4.90 Å². The Morgan fingerprint density at radius 1 is 1.35 bits per heavy atom. The second-order valence-corrected chi connectivity index (χ2v) is 9.38. The predicted molar refractivity (Wildman–Crippen MR) is 113 cm³/mol. The van der Waals surface area contributed by atoms with Crippen LogP contribution in [0.5, 0.6) is 0 Å². The lowest BCUT2D eigenvalue weighted by Crippen LogP contribution is -2.43. The normalized spacial score (nSPS) is 24.8. The molecule has 31 heavy (non-hydrogen) atoms. The molecule has 0 aromatic carbocycles. The summed E-state index contributed by atoms with van der Waals surface area (Å²) in [6.07, 6.45) is 2.90. The number of aromatic nitrogens is 4. The molecule has 1 amide bonds. The molecule has 1 saturated carbocycles. The van der Waals surface area contributed by atoms with Crippen LogP contribution in [0.25, 0.3) is 11.0 Å². The van der Waals surface area contributed by atoms with Crippen LogP contribution in [0.2, 0.25) is 5.28 Å². The lowest BCUT2D eigenvalue weighted by Gasteiger charge is -2.31. The van der Waals surface area contributed by atoms with E-state index in [1.807, 2.05) is 20.8 Å². The van der Waals surface area contributed by atoms with Crippen LogP contribution in [-0.2, 0) is 9.47 Å². The van der Waals surface area contributed by atoms with Crippen molar-refractivity contribution in [3.63, 3.8) is 0 Å². The Labute approximate surface area is 185 Å². The number of aliphatic hydroxyl groups is 2. The fourth-order valence-corrected chi connectivity index (χ4v) is 4.35. The maximum absolute atomic E-state index is 13.2. The molecule has 4 rings (SSSR count). The van der Waals surface area contributed by atoms with Gasteiger partial charge in [0.25, 0.3) is 0 Å². The Morgan fingerprint density at radius 2 is 2.06 bits per heavy atom. The Morgan fingerprint density at radius 3 is 2.68 bits per heavy atom. The summed E-state index contributed by atoms with van der Waals surface area (Å²) >= 11 is 6.26. The third-order valence-corrected chi connectivity index (χ3v) is 5.74. The first kappa shape index (κ1) is 22.2. The van der Waals surface area contributed by atoms with Gasteiger partial charge in [-0.25, -0.2) is 9.48 Å². The molecular weight excluding hydrogens is 426 g/mol. The molecule has 3 atom stereocenters. The summed E-state index contributed by atoms with van der Waals surface area (Å²) < 4.78 is 12.9. The first-order chi connectivity index (χ1) is 14.7. The summed E-state index contributed by atoms with van der Waals surface area (Å²) in [6, 6.07) is -0.0595. The standard InChI is InChI=1S/C20H28ClN5O5/c1-20(2,3)31-19(29)25(11-6-4-5-7-11)16-12-9-22-26(17(12)24-18(21)23-16)15-8-13(28)14(10-27)30-15/h9,11,13-15,27-28H,4-8,10H2,1-3H3/t13-,14+,15+/m0/s1. The number of carbonyl (C=O) groups excluding carboxylic acids is 1. The molecule has 2 aliphatic rings. The van der Waals surface area contributed by atoms with Crippen molar-refractivity contribution >= 4 is 34.5 Å². The predicted octanol–water partition coefficient (Wildman–Crippen LogP) is 2.80. The molecule has 2 aromatic rings. The third-order valence-electron chi connectivity index (χ3n) is 5.57. The number of hydrogen-bond acceptors (Lipinski definition) is 8. The lowest BCUT2D eigenvalue weighted by atomic mass is 10.2. The van der Waals surface area contributed by atoms with E-state index < -0.39 is 30.1 Å². The van der Waals surface area contributed by atoms with Crippen LogP contribution in [0.4, 0.5) is 10.6 Å². The zero-order chi connectivity index (χ0) is 22.3. The largest absolute Gasteiger partial charge is 0.443 e. The highest BCUT2D eigenvalue weighted by Gasteiger charge is 2.38. The molecule has 0 unspecified atom stereocenters. The molecule has 0 radical (unpaired) electrons. The van der Waals surface area contributed by atoms with Gasteiger partial charge >= 0.3 is 6.09 Å². The molecule has 1 aliphatic carbocycles. The molecule has 0 spiro atoms. The Balaban J connectivity index is 1.76. The van der Waals surface area contributed by atoms with E-state index in [1.165, 1.54) is 4.68 Å². The zero-order valence-corrected chi connectivity index (χ0v) is 18.6. The van der Waals surface area contributed by atoms with E-state index in [0.29, 0.717) is 16.9 Å². The van der Waals surface area contributed by atoms with Crippen LogP contribution < -0.4 is 4.90 Å². The first-order valence-electron chi connectivity index (χ1n) is 10.6. The topological polar surface area (TPSA) is 123 Å². The number of hydrogen-bond donors (Lipinski definition) is 2. The van der Waals surface area contributed by atoms with Crippen molar-refractivity contribution in [2.75, 3.05) is 11.5 Å². The number of carbonyl (C=O) groups is 1. The average Bonchev–Trinajstić information content (AvgIpc) is 3.40. The summed E-state index contributed by atoms with van der Waals surface area (Å²) in [7, 11) is 0. The summed E-state index contributed by atoms with van der Waals surface area (Å²) in [5.41, 5.74) is -0.279. The Bertz CT molecular complexity index is 955. The summed E-state index contributed by atoms with van der Waals surface area (Å²) in [5.74, 6) is 0.347. The fourth-order valence-electron chi connectivity index (χ4n) is 4.19. The van der Waals surface area contributed by atoms with E-state index in [4.69, 9.17) is 21.1 Å². The van der Waals surface area contributed by atoms with Gasteiger partial charge in [0.2, 0.25) is 5.28 Å². The molecule has 2 fully saturated rings. The van der Waals surface area contributed by atoms with Gasteiger partial charge in [0.05, 0.1) is 24.3 Å². The third kappa shape index (κ3) is 4.48. The van der Waals surface area contributed by atoms with Crippen molar-refractivity contribution in [3.05, 3.63) is 11.5 Å². The van der Waals surface area contributed by atoms with Crippen LogP contribution >= 0.6 is 11.6 Å². The number of aliphatic hydroxyl groups excluding tert-OH is 2. The summed E-state index contributed by atoms with van der Waals surface area (Å²) in [4.78, 5) is 23.4. The second kappa shape index (κ2) is 8.50. The van der Waals surface area contributed by atoms with E-state index in [-0.39, 0.29) is 24.4 Å². The molecule has 1 saturated heterocycles. The van der Waals surface area contributed by atoms with Crippen molar-refractivity contribution in [2.45, 2.75) is 83.0 Å². The SMILES string of the molecule is CC(C)(C)OC(=O)N(c1nc(Cl)nc2c1cnn2[C@H]1C[C@H](O)[C@@H](CO)O1)C1CCCC1. The van der Waals surface area contributed by atoms with Crippen LogP contribution in [0.1, 0.15) is 59.1 Å². The quantitative estimate of drug-likeness (QED) is 0.677. The molecule has 0 bridgehead atoms. The highest BCUT2D eigenvalue weighted by Crippen LogP contribution is 2.36. The molecule has 2 aromatic heterocycles. The zero-order valence-electron chi connectivity index (χ0n) is 17.9. The fraction of sp³-hybridized carbons (Fsp3) is 0.700. The molecule has 11 heteroatoms. The van der Waals surface area contributed by atoms with Gasteiger partial charge in [-0.2, -0.15) is 15.1 Å². The Hall–Kier alpha value is -2.01. The maximum Gasteiger partial charge on any atom is 0.416 e. The second-order valence-electron chi connectivity index (χ2n) is 9.05. The number of amides is 1. The molecule has 170 valence electrons. The molecular formula is C20H28ClN5O5. The van der Waals surface area contributed by atoms with Gasteiger partial charge < -0.3 is 19.7 Å². The van der Waals surface area contributed by atoms with Gasteiger partial charge in [0.1, 0.15) is 11.7 Å². The van der Waals surface area contributed by atoms with Gasteiger partial charge in [-0.15, -0.1) is 0 Å². The van der Waals surface area contributed by atoms with Gasteiger partial charge in [-0.1, -0.05) is 12.8 Å². The average molecular weight is 454 g/mol. The van der Waals surface area contributed by atoms with Crippen LogP contribution in [0.15, 0.2) is 6.20 Å². The van der Waals surface area contributed by atoms with E-state index in [2.05, 4.69) is 15.1 Å². The van der Waals surface area contributed by atoms with Crippen molar-refractivity contribution in [3.8, 4) is 0 Å². The highest BCUT2D eigenvalue weighted by atomic mass is 35.5. The van der Waals surface area contributed by atoms with E-state index >= 15 is 0 Å². The highest BCUT2D eigenvalue weighted by molar-refractivity contribution is 6.28. The van der Waals surface area contributed by atoms with Crippen LogP contribution in [0, 0.1) is 0 Å². The number of nitrogens with zero attached hydrogens (tertiary/aromatic N) is 5. The summed E-state index contributed by atoms with van der Waals surface area (Å²) in [5, 5.41) is 24.4. The summed E-state index contributed by atoms with van der Waals surface area (Å²) in [6.45, 7) is 5.15. The minimum absolute atomic E-state index is 0.0342. The van der Waals surface area contributed by atoms with Crippen LogP contribution in [0.3, 0.4) is 0 Å². The molecule has 2 N–H and O–H groups in total. The number of halogens is 1. The minimum atomic E-state index is -0.817.